The van der Waals surface area contributed by atoms with Crippen molar-refractivity contribution in [3.8, 4) is 0 Å². The fourth-order valence-electron chi connectivity index (χ4n) is 2.02. The van der Waals surface area contributed by atoms with Crippen molar-refractivity contribution in [3.63, 3.8) is 0 Å². The number of rotatable bonds is 5. The van der Waals surface area contributed by atoms with Gasteiger partial charge in [-0.25, -0.2) is 4.79 Å². The first-order chi connectivity index (χ1) is 10.5. The van der Waals surface area contributed by atoms with Gasteiger partial charge in [-0.2, -0.15) is 0 Å². The first-order valence-corrected chi connectivity index (χ1v) is 7.56. The van der Waals surface area contributed by atoms with Gasteiger partial charge in [-0.1, -0.05) is 12.1 Å². The molecule has 0 fully saturated rings. The van der Waals surface area contributed by atoms with E-state index in [2.05, 4.69) is 5.32 Å². The van der Waals surface area contributed by atoms with Crippen LogP contribution in [0, 0.1) is 0 Å². The molecule has 0 heterocycles. The molecule has 0 aliphatic heterocycles. The van der Waals surface area contributed by atoms with E-state index >= 15 is 0 Å². The molecule has 1 atom stereocenters. The number of amides is 1. The maximum absolute atomic E-state index is 11.7. The molecule has 0 saturated carbocycles. The highest BCUT2D eigenvalue weighted by Gasteiger charge is 2.26. The second-order valence-corrected chi connectivity index (χ2v) is 6.75. The smallest absolute Gasteiger partial charge is 0.412 e. The Morgan fingerprint density at radius 1 is 1.17 bits per heavy atom. The fraction of sp³-hybridized carbons (Fsp3) is 0.529. The number of likely N-dealkylation sites (N-methyl/N-ethyl adjacent to an activating group) is 1. The summed E-state index contributed by atoms with van der Waals surface area (Å²) in [5, 5.41) is 12.1. The van der Waals surface area contributed by atoms with E-state index in [1.165, 1.54) is 0 Å². The number of nitrogens with one attached hydrogen (secondary N) is 1. The lowest BCUT2D eigenvalue weighted by atomic mass is 10.0. The first-order valence-electron chi connectivity index (χ1n) is 7.56. The van der Waals surface area contributed by atoms with Crippen LogP contribution in [0.25, 0.3) is 0 Å². The Hall–Kier alpha value is -2.08. The van der Waals surface area contributed by atoms with Crippen LogP contribution in [0.15, 0.2) is 24.3 Å². The van der Waals surface area contributed by atoms with Crippen molar-refractivity contribution in [1.29, 1.82) is 0 Å². The highest BCUT2D eigenvalue weighted by molar-refractivity contribution is 5.85. The Balaban J connectivity index is 2.86. The number of hydrogen-bond donors (Lipinski definition) is 2. The Labute approximate surface area is 137 Å². The van der Waals surface area contributed by atoms with Gasteiger partial charge < -0.3 is 9.84 Å². The monoisotopic (exact) mass is 322 g/mol. The number of benzene rings is 1. The molecule has 128 valence electrons. The minimum Gasteiger partial charge on any atom is -0.480 e. The summed E-state index contributed by atoms with van der Waals surface area (Å²) in [7, 11) is 1.77. The van der Waals surface area contributed by atoms with E-state index in [0.717, 1.165) is 0 Å². The van der Waals surface area contributed by atoms with E-state index in [1.807, 2.05) is 13.8 Å². The topological polar surface area (TPSA) is 78.9 Å². The van der Waals surface area contributed by atoms with Crippen LogP contribution in [0.4, 0.5) is 10.5 Å². The SMILES string of the molecule is CC(C)N(C)[C@H](C(=O)O)c1ccc(NC(=O)OC(C)(C)C)cc1. The lowest BCUT2D eigenvalue weighted by Crippen LogP contribution is -2.35. The lowest BCUT2D eigenvalue weighted by Gasteiger charge is -2.28. The van der Waals surface area contributed by atoms with Crippen molar-refractivity contribution in [3.05, 3.63) is 29.8 Å². The molecule has 0 bridgehead atoms. The Morgan fingerprint density at radius 2 is 1.70 bits per heavy atom. The van der Waals surface area contributed by atoms with Gasteiger partial charge in [0, 0.05) is 11.7 Å². The average molecular weight is 322 g/mol. The molecule has 0 spiro atoms. The molecule has 6 heteroatoms. The van der Waals surface area contributed by atoms with Gasteiger partial charge >= 0.3 is 12.1 Å². The zero-order chi connectivity index (χ0) is 17.8. The summed E-state index contributed by atoms with van der Waals surface area (Å²) >= 11 is 0. The Bertz CT molecular complexity index is 547. The minimum atomic E-state index is -0.908. The van der Waals surface area contributed by atoms with Gasteiger partial charge in [-0.15, -0.1) is 0 Å². The average Bonchev–Trinajstić information content (AvgIpc) is 2.38. The minimum absolute atomic E-state index is 0.0932. The summed E-state index contributed by atoms with van der Waals surface area (Å²) < 4.78 is 5.17. The molecule has 6 nitrogen and oxygen atoms in total. The van der Waals surface area contributed by atoms with E-state index in [-0.39, 0.29) is 6.04 Å². The third kappa shape index (κ3) is 5.90. The number of nitrogens with zero attached hydrogens (tertiary/aromatic N) is 1. The largest absolute Gasteiger partial charge is 0.480 e. The Kier molecular flexibility index (Phi) is 6.15. The summed E-state index contributed by atoms with van der Waals surface area (Å²) in [6.45, 7) is 9.24. The quantitative estimate of drug-likeness (QED) is 0.867. The summed E-state index contributed by atoms with van der Waals surface area (Å²) in [5.74, 6) is -0.908. The number of carbonyl (C=O) groups excluding carboxylic acids is 1. The van der Waals surface area contributed by atoms with E-state index in [9.17, 15) is 14.7 Å². The number of carboxylic acids is 1. The van der Waals surface area contributed by atoms with Gasteiger partial charge in [0.2, 0.25) is 0 Å². The number of carbonyl (C=O) groups is 2. The summed E-state index contributed by atoms with van der Waals surface area (Å²) in [4.78, 5) is 25.0. The molecule has 0 radical (unpaired) electrons. The van der Waals surface area contributed by atoms with Crippen LogP contribution < -0.4 is 5.32 Å². The molecular formula is C17H26N2O4. The van der Waals surface area contributed by atoms with Gasteiger partial charge in [0.1, 0.15) is 11.6 Å². The van der Waals surface area contributed by atoms with Crippen molar-refractivity contribution >= 4 is 17.7 Å². The molecule has 0 saturated heterocycles. The maximum atomic E-state index is 11.7. The van der Waals surface area contributed by atoms with E-state index in [4.69, 9.17) is 4.74 Å². The van der Waals surface area contributed by atoms with Crippen molar-refractivity contribution in [2.75, 3.05) is 12.4 Å². The summed E-state index contributed by atoms with van der Waals surface area (Å²) in [6.07, 6.45) is -0.542. The molecule has 23 heavy (non-hydrogen) atoms. The van der Waals surface area contributed by atoms with Gasteiger partial charge in [0.25, 0.3) is 0 Å². The van der Waals surface area contributed by atoms with Gasteiger partial charge in [0.05, 0.1) is 0 Å². The van der Waals surface area contributed by atoms with E-state index < -0.39 is 23.7 Å². The van der Waals surface area contributed by atoms with Crippen LogP contribution in [0.5, 0.6) is 0 Å². The third-order valence-electron chi connectivity index (χ3n) is 3.33. The molecule has 0 aliphatic rings. The zero-order valence-electron chi connectivity index (χ0n) is 14.6. The molecule has 2 N–H and O–H groups in total. The van der Waals surface area contributed by atoms with Gasteiger partial charge in [0.15, 0.2) is 0 Å². The second kappa shape index (κ2) is 7.46. The van der Waals surface area contributed by atoms with Crippen molar-refractivity contribution < 1.29 is 19.4 Å². The second-order valence-electron chi connectivity index (χ2n) is 6.75. The van der Waals surface area contributed by atoms with Crippen LogP contribution in [-0.2, 0) is 9.53 Å². The summed E-state index contributed by atoms with van der Waals surface area (Å²) in [5.41, 5.74) is 0.640. The van der Waals surface area contributed by atoms with Crippen molar-refractivity contribution in [1.82, 2.24) is 4.90 Å². The maximum Gasteiger partial charge on any atom is 0.412 e. The van der Waals surface area contributed by atoms with Crippen LogP contribution in [-0.4, -0.2) is 40.8 Å². The summed E-state index contributed by atoms with van der Waals surface area (Å²) in [6, 6.07) is 6.10. The normalized spacial score (nSPS) is 13.0. The van der Waals surface area contributed by atoms with Gasteiger partial charge in [-0.05, 0) is 59.4 Å². The number of anilines is 1. The predicted octanol–water partition coefficient (Wildman–Crippen LogP) is 3.50. The zero-order valence-corrected chi connectivity index (χ0v) is 14.6. The van der Waals surface area contributed by atoms with Gasteiger partial charge in [-0.3, -0.25) is 15.0 Å². The molecule has 1 amide bonds. The predicted molar refractivity (Wildman–Crippen MR) is 89.6 cm³/mol. The van der Waals surface area contributed by atoms with Crippen LogP contribution in [0.3, 0.4) is 0 Å². The lowest BCUT2D eigenvalue weighted by molar-refractivity contribution is -0.143. The standard InChI is InChI=1S/C17H26N2O4/c1-11(2)19(6)14(15(20)21)12-7-9-13(10-8-12)18-16(22)23-17(3,4)5/h7-11,14H,1-6H3,(H,18,22)(H,20,21)/t14-/m0/s1. The molecule has 0 unspecified atom stereocenters. The Morgan fingerprint density at radius 3 is 2.09 bits per heavy atom. The molecule has 1 rings (SSSR count). The molecular weight excluding hydrogens is 296 g/mol. The van der Waals surface area contributed by atoms with E-state index in [1.54, 1.807) is 57.0 Å². The molecule has 0 aromatic heterocycles. The third-order valence-corrected chi connectivity index (χ3v) is 3.33. The first kappa shape index (κ1) is 19.0. The van der Waals surface area contributed by atoms with Crippen LogP contribution >= 0.6 is 0 Å². The molecule has 1 aromatic rings. The van der Waals surface area contributed by atoms with Crippen molar-refractivity contribution in [2.45, 2.75) is 52.3 Å². The number of hydrogen-bond acceptors (Lipinski definition) is 4. The highest BCUT2D eigenvalue weighted by atomic mass is 16.6. The molecule has 0 aliphatic carbocycles. The number of ether oxygens (including phenoxy) is 1. The van der Waals surface area contributed by atoms with Crippen LogP contribution in [0.2, 0.25) is 0 Å². The number of aliphatic carboxylic acids is 1. The highest BCUT2D eigenvalue weighted by Crippen LogP contribution is 2.23. The molecule has 1 aromatic carbocycles. The van der Waals surface area contributed by atoms with Crippen LogP contribution in [0.1, 0.15) is 46.2 Å². The fourth-order valence-corrected chi connectivity index (χ4v) is 2.02. The van der Waals surface area contributed by atoms with E-state index in [0.29, 0.717) is 11.3 Å². The number of carboxylic acid groups (broad SMARTS) is 1. The van der Waals surface area contributed by atoms with Crippen molar-refractivity contribution in [2.24, 2.45) is 0 Å².